The number of amides is 1. The molecule has 0 bridgehead atoms. The first-order chi connectivity index (χ1) is 34.2. The topological polar surface area (TPSA) is 245 Å². The second-order valence-corrected chi connectivity index (χ2v) is 22.0. The number of rotatable bonds is 14. The summed E-state index contributed by atoms with van der Waals surface area (Å²) in [5.74, 6) is -2.67. The number of hydrogen-bond donors (Lipinski definition) is 5. The third-order valence-electron chi connectivity index (χ3n) is 15.8. The van der Waals surface area contributed by atoms with Crippen molar-refractivity contribution < 1.29 is 81.9 Å². The van der Waals surface area contributed by atoms with Crippen LogP contribution >= 0.6 is 0 Å². The van der Waals surface area contributed by atoms with Gasteiger partial charge in [0.1, 0.15) is 48.2 Å². The number of aliphatic hydroxyl groups excluding tert-OH is 3. The van der Waals surface area contributed by atoms with Gasteiger partial charge in [-0.25, -0.2) is 9.18 Å². The van der Waals surface area contributed by atoms with E-state index in [9.17, 15) is 39.5 Å². The fourth-order valence-corrected chi connectivity index (χ4v) is 11.2. The second-order valence-electron chi connectivity index (χ2n) is 22.0. The molecule has 5 heterocycles. The zero-order valence-corrected chi connectivity index (χ0v) is 44.9. The van der Waals surface area contributed by atoms with Gasteiger partial charge in [-0.3, -0.25) is 9.69 Å². The fraction of sp³-hybridized carbons (Fsp3) is 0.788. The molecule has 4 saturated heterocycles. The van der Waals surface area contributed by atoms with Gasteiger partial charge in [0.05, 0.1) is 53.8 Å². The van der Waals surface area contributed by atoms with Crippen molar-refractivity contribution in [3.05, 3.63) is 41.9 Å². The highest BCUT2D eigenvalue weighted by Gasteiger charge is 2.53. The summed E-state index contributed by atoms with van der Waals surface area (Å²) in [5.41, 5.74) is -4.23. The number of cyclic esters (lactones) is 2. The van der Waals surface area contributed by atoms with Gasteiger partial charge in [0, 0.05) is 57.1 Å². The Labute approximate surface area is 429 Å². The standard InChI is InChI=1S/C52H83FN4O16/c1-14-39-52(10,64)44(59)32(6)56(12)25-28(2)23-50(8,63)46(30(4)43(31(5)47(61)70-39)71-41-24-51(9,65-13)45(60)33(7)68-41)72-48-42(58)38(20-29(3)67-48)55(11)19-18-36-22-40(54-73-36)66-27-37-26-57(49(62)69-37)35-17-15-16-34(53)21-35/h15-17,21-22,28-33,37-39,41-46,48,58-60,63-64H,14,18-20,23-27H2,1-13H3/t28-,29-,30+,31-,32-,33?,37-,38+,39-,41+,42-,43+,44-,45+,46-,48+,50-,51-,52-/m1/s1. The van der Waals surface area contributed by atoms with Crippen molar-refractivity contribution >= 4 is 17.7 Å². The van der Waals surface area contributed by atoms with Crippen LogP contribution in [0.4, 0.5) is 14.9 Å². The van der Waals surface area contributed by atoms with E-state index in [4.69, 9.17) is 42.4 Å². The van der Waals surface area contributed by atoms with Gasteiger partial charge in [-0.1, -0.05) is 26.8 Å². The molecule has 6 rings (SSSR count). The van der Waals surface area contributed by atoms with Gasteiger partial charge in [0.2, 0.25) is 0 Å². The zero-order chi connectivity index (χ0) is 53.9. The van der Waals surface area contributed by atoms with Gasteiger partial charge in [0.15, 0.2) is 18.7 Å². The van der Waals surface area contributed by atoms with Crippen LogP contribution in [0.15, 0.2) is 34.9 Å². The van der Waals surface area contributed by atoms with Crippen molar-refractivity contribution in [3.63, 3.8) is 0 Å². The maximum absolute atomic E-state index is 14.5. The van der Waals surface area contributed by atoms with Crippen LogP contribution in [0.1, 0.15) is 101 Å². The molecule has 19 atom stereocenters. The number of likely N-dealkylation sites (N-methyl/N-ethyl adjacent to an activating group) is 2. The van der Waals surface area contributed by atoms with Crippen LogP contribution in [-0.4, -0.2) is 196 Å². The summed E-state index contributed by atoms with van der Waals surface area (Å²) in [6, 6.07) is 6.23. The maximum Gasteiger partial charge on any atom is 0.414 e. The fourth-order valence-electron chi connectivity index (χ4n) is 11.2. The molecule has 2 aromatic rings. The Kier molecular flexibility index (Phi) is 19.4. The molecule has 0 spiro atoms. The van der Waals surface area contributed by atoms with E-state index in [-0.39, 0.29) is 44.2 Å². The number of esters is 1. The van der Waals surface area contributed by atoms with Crippen LogP contribution in [0.5, 0.6) is 5.88 Å². The number of carbonyl (C=O) groups is 2. The number of aliphatic hydroxyl groups is 5. The van der Waals surface area contributed by atoms with Gasteiger partial charge in [-0.05, 0) is 111 Å². The molecule has 4 aliphatic heterocycles. The van der Waals surface area contributed by atoms with Gasteiger partial charge >= 0.3 is 12.1 Å². The minimum absolute atomic E-state index is 0.00782. The summed E-state index contributed by atoms with van der Waals surface area (Å²) in [5, 5.41) is 63.7. The average molecular weight is 1040 g/mol. The molecule has 414 valence electrons. The molecule has 21 heteroatoms. The Hall–Kier alpha value is -3.58. The predicted molar refractivity (Wildman–Crippen MR) is 263 cm³/mol. The molecule has 73 heavy (non-hydrogen) atoms. The van der Waals surface area contributed by atoms with E-state index in [1.807, 2.05) is 37.7 Å². The molecule has 1 unspecified atom stereocenters. The minimum Gasteiger partial charge on any atom is -0.471 e. The SMILES string of the molecule is CC[C@H]1OC(=O)[C@H](C)[C@@H](O[C@H]2C[C@@](C)(OC)[C@@H](O)C(C)O2)[C@H](C)[C@@H](O[C@@H]2O[C@H](C)C[C@H](N(C)CCc3cc(OC[C@H]4CN(c5cccc(F)c5)C(=O)O4)no3)[C@H]2O)[C@](C)(O)C[C@@H](C)CN(C)[C@H](C)[C@@H](O)[C@]1(C)O. The van der Waals surface area contributed by atoms with Gasteiger partial charge in [-0.2, -0.15) is 0 Å². The molecular weight excluding hydrogens is 956 g/mol. The second kappa shape index (κ2) is 24.2. The molecule has 20 nitrogen and oxygen atoms in total. The Morgan fingerprint density at radius 3 is 2.33 bits per heavy atom. The summed E-state index contributed by atoms with van der Waals surface area (Å²) >= 11 is 0. The smallest absolute Gasteiger partial charge is 0.414 e. The number of nitrogens with zero attached hydrogens (tertiary/aromatic N) is 4. The van der Waals surface area contributed by atoms with Crippen LogP contribution in [0.3, 0.4) is 0 Å². The van der Waals surface area contributed by atoms with Crippen molar-refractivity contribution in [1.82, 2.24) is 15.0 Å². The third kappa shape index (κ3) is 13.7. The quantitative estimate of drug-likeness (QED) is 0.168. The highest BCUT2D eigenvalue weighted by Crippen LogP contribution is 2.40. The lowest BCUT2D eigenvalue weighted by atomic mass is 9.77. The first-order valence-corrected chi connectivity index (χ1v) is 25.8. The monoisotopic (exact) mass is 1040 g/mol. The number of ether oxygens (including phenoxy) is 8. The summed E-state index contributed by atoms with van der Waals surface area (Å²) < 4.78 is 68.8. The first kappa shape index (κ1) is 58.7. The van der Waals surface area contributed by atoms with E-state index >= 15 is 0 Å². The summed E-state index contributed by atoms with van der Waals surface area (Å²) in [6.45, 7) is 18.3. The Morgan fingerprint density at radius 2 is 1.66 bits per heavy atom. The van der Waals surface area contributed by atoms with Crippen LogP contribution in [-0.2, 0) is 44.4 Å². The number of carbonyl (C=O) groups excluding carboxylic acids is 2. The van der Waals surface area contributed by atoms with Gasteiger partial charge in [-0.15, -0.1) is 0 Å². The minimum atomic E-state index is -1.86. The number of benzene rings is 1. The van der Waals surface area contributed by atoms with E-state index in [0.717, 1.165) is 0 Å². The maximum atomic E-state index is 14.5. The van der Waals surface area contributed by atoms with Crippen molar-refractivity contribution in [3.8, 4) is 5.88 Å². The number of hydrogen-bond acceptors (Lipinski definition) is 19. The third-order valence-corrected chi connectivity index (χ3v) is 15.8. The van der Waals surface area contributed by atoms with Crippen molar-refractivity contribution in [2.75, 3.05) is 52.3 Å². The number of halogens is 1. The van der Waals surface area contributed by atoms with Gasteiger partial charge < -0.3 is 77.8 Å². The number of aromatic nitrogens is 1. The van der Waals surface area contributed by atoms with Crippen LogP contribution in [0.25, 0.3) is 0 Å². The molecular formula is C52H83FN4O16. The molecule has 0 saturated carbocycles. The number of methoxy groups -OCH3 is 1. The Bertz CT molecular complexity index is 2120. The van der Waals surface area contributed by atoms with Crippen LogP contribution < -0.4 is 9.64 Å². The zero-order valence-electron chi connectivity index (χ0n) is 44.9. The Morgan fingerprint density at radius 1 is 0.945 bits per heavy atom. The number of anilines is 1. The van der Waals surface area contributed by atoms with E-state index in [2.05, 4.69) is 5.16 Å². The predicted octanol–water partition coefficient (Wildman–Crippen LogP) is 4.04. The Balaban J connectivity index is 1.21. The highest BCUT2D eigenvalue weighted by atomic mass is 19.1. The van der Waals surface area contributed by atoms with Crippen LogP contribution in [0, 0.1) is 23.6 Å². The molecule has 0 radical (unpaired) electrons. The largest absolute Gasteiger partial charge is 0.471 e. The normalized spacial score (nSPS) is 40.7. The summed E-state index contributed by atoms with van der Waals surface area (Å²) in [6.07, 6.45) is -10.4. The van der Waals surface area contributed by atoms with E-state index in [0.29, 0.717) is 37.4 Å². The van der Waals surface area contributed by atoms with Crippen molar-refractivity contribution in [2.45, 2.75) is 198 Å². The average Bonchev–Trinajstić information content (AvgIpc) is 3.96. The lowest BCUT2D eigenvalue weighted by Gasteiger charge is -2.49. The summed E-state index contributed by atoms with van der Waals surface area (Å²) in [7, 11) is 5.17. The van der Waals surface area contributed by atoms with E-state index in [1.54, 1.807) is 60.6 Å². The van der Waals surface area contributed by atoms with Crippen LogP contribution in [0.2, 0.25) is 0 Å². The molecule has 4 fully saturated rings. The van der Waals surface area contributed by atoms with Crippen molar-refractivity contribution in [1.29, 1.82) is 0 Å². The molecule has 4 aliphatic rings. The van der Waals surface area contributed by atoms with Gasteiger partial charge in [0.25, 0.3) is 5.88 Å². The molecule has 1 aromatic carbocycles. The molecule has 1 aromatic heterocycles. The van der Waals surface area contributed by atoms with E-state index in [1.165, 1.54) is 37.1 Å². The first-order valence-electron chi connectivity index (χ1n) is 25.8. The molecule has 1 amide bonds. The lowest BCUT2D eigenvalue weighted by molar-refractivity contribution is -0.318. The van der Waals surface area contributed by atoms with E-state index < -0.39 is 126 Å². The molecule has 0 aliphatic carbocycles. The highest BCUT2D eigenvalue weighted by molar-refractivity contribution is 5.89. The lowest BCUT2D eigenvalue weighted by Crippen LogP contribution is -2.61. The molecule has 5 N–H and O–H groups in total. The summed E-state index contributed by atoms with van der Waals surface area (Å²) in [4.78, 5) is 32.2. The van der Waals surface area contributed by atoms with Crippen molar-refractivity contribution in [2.24, 2.45) is 17.8 Å².